The van der Waals surface area contributed by atoms with Crippen molar-refractivity contribution in [2.45, 2.75) is 51.0 Å². The predicted molar refractivity (Wildman–Crippen MR) is 91.1 cm³/mol. The lowest BCUT2D eigenvalue weighted by molar-refractivity contribution is -0.144. The highest BCUT2D eigenvalue weighted by molar-refractivity contribution is 5.84. The maximum absolute atomic E-state index is 11.9. The Bertz CT molecular complexity index is 459. The van der Waals surface area contributed by atoms with Crippen molar-refractivity contribution in [1.82, 2.24) is 16.0 Å². The Kier molecular flexibility index (Phi) is 7.97. The third-order valence-electron chi connectivity index (χ3n) is 5.02. The highest BCUT2D eigenvalue weighted by Crippen LogP contribution is 2.23. The highest BCUT2D eigenvalue weighted by atomic mass is 16.5. The SMILES string of the molecule is O=C(CNC(=O)NC1CCCCC1)NCC(C(=O)O)C1CCOCC1. The van der Waals surface area contributed by atoms with Crippen molar-refractivity contribution in [2.75, 3.05) is 26.3 Å². The number of carboxylic acids is 1. The lowest BCUT2D eigenvalue weighted by Gasteiger charge is -2.27. The molecule has 0 aromatic rings. The van der Waals surface area contributed by atoms with Crippen LogP contribution >= 0.6 is 0 Å². The molecule has 1 unspecified atom stereocenters. The summed E-state index contributed by atoms with van der Waals surface area (Å²) in [7, 11) is 0. The summed E-state index contributed by atoms with van der Waals surface area (Å²) in [6.07, 6.45) is 6.78. The molecule has 8 heteroatoms. The third kappa shape index (κ3) is 6.89. The van der Waals surface area contributed by atoms with E-state index in [1.54, 1.807) is 0 Å². The van der Waals surface area contributed by atoms with E-state index in [-0.39, 0.29) is 37.0 Å². The molecular formula is C17H29N3O5. The van der Waals surface area contributed by atoms with Crippen LogP contribution in [0.4, 0.5) is 4.79 Å². The zero-order valence-corrected chi connectivity index (χ0v) is 14.6. The van der Waals surface area contributed by atoms with E-state index in [1.807, 2.05) is 0 Å². The fourth-order valence-corrected chi connectivity index (χ4v) is 3.50. The molecule has 1 atom stereocenters. The number of carbonyl (C=O) groups excluding carboxylic acids is 2. The fourth-order valence-electron chi connectivity index (χ4n) is 3.50. The first-order chi connectivity index (χ1) is 12.1. The second-order valence-corrected chi connectivity index (χ2v) is 6.86. The molecule has 0 bridgehead atoms. The number of aliphatic carboxylic acids is 1. The number of hydrogen-bond acceptors (Lipinski definition) is 4. The summed E-state index contributed by atoms with van der Waals surface area (Å²) in [6, 6.07) is -0.164. The minimum atomic E-state index is -0.907. The molecule has 2 aliphatic rings. The molecule has 0 radical (unpaired) electrons. The molecule has 4 N–H and O–H groups in total. The third-order valence-corrected chi connectivity index (χ3v) is 5.02. The molecule has 142 valence electrons. The van der Waals surface area contributed by atoms with Gasteiger partial charge in [0.15, 0.2) is 0 Å². The Morgan fingerprint density at radius 3 is 2.32 bits per heavy atom. The molecule has 2 rings (SSSR count). The van der Waals surface area contributed by atoms with Crippen LogP contribution in [0.1, 0.15) is 44.9 Å². The van der Waals surface area contributed by atoms with Crippen LogP contribution in [0.2, 0.25) is 0 Å². The van der Waals surface area contributed by atoms with Crippen LogP contribution in [-0.4, -0.2) is 55.4 Å². The number of carboxylic acid groups (broad SMARTS) is 1. The normalized spacial score (nSPS) is 20.5. The van der Waals surface area contributed by atoms with Crippen LogP contribution in [0.5, 0.6) is 0 Å². The van der Waals surface area contributed by atoms with Gasteiger partial charge in [-0.25, -0.2) is 4.79 Å². The van der Waals surface area contributed by atoms with E-state index in [9.17, 15) is 19.5 Å². The van der Waals surface area contributed by atoms with E-state index in [0.717, 1.165) is 25.7 Å². The molecule has 8 nitrogen and oxygen atoms in total. The van der Waals surface area contributed by atoms with E-state index in [4.69, 9.17) is 4.74 Å². The van der Waals surface area contributed by atoms with Crippen LogP contribution < -0.4 is 16.0 Å². The Morgan fingerprint density at radius 1 is 1.00 bits per heavy atom. The zero-order chi connectivity index (χ0) is 18.1. The largest absolute Gasteiger partial charge is 0.481 e. The minimum absolute atomic E-state index is 0.00843. The van der Waals surface area contributed by atoms with Crippen molar-refractivity contribution in [1.29, 1.82) is 0 Å². The summed E-state index contributed by atoms with van der Waals surface area (Å²) in [5.41, 5.74) is 0. The van der Waals surface area contributed by atoms with Crippen molar-refractivity contribution in [3.8, 4) is 0 Å². The van der Waals surface area contributed by atoms with Gasteiger partial charge < -0.3 is 25.8 Å². The van der Waals surface area contributed by atoms with Gasteiger partial charge >= 0.3 is 12.0 Å². The van der Waals surface area contributed by atoms with Crippen molar-refractivity contribution in [3.05, 3.63) is 0 Å². The second-order valence-electron chi connectivity index (χ2n) is 6.86. The lowest BCUT2D eigenvalue weighted by Crippen LogP contribution is -2.47. The van der Waals surface area contributed by atoms with Gasteiger partial charge in [-0.3, -0.25) is 9.59 Å². The first-order valence-corrected chi connectivity index (χ1v) is 9.18. The van der Waals surface area contributed by atoms with Crippen LogP contribution in [0.25, 0.3) is 0 Å². The Morgan fingerprint density at radius 2 is 1.68 bits per heavy atom. The molecule has 1 aliphatic carbocycles. The minimum Gasteiger partial charge on any atom is -0.481 e. The number of urea groups is 1. The Hall–Kier alpha value is -1.83. The molecule has 3 amide bonds. The monoisotopic (exact) mass is 355 g/mol. The lowest BCUT2D eigenvalue weighted by atomic mass is 9.86. The molecule has 25 heavy (non-hydrogen) atoms. The van der Waals surface area contributed by atoms with Crippen molar-refractivity contribution >= 4 is 17.9 Å². The van der Waals surface area contributed by atoms with E-state index in [2.05, 4.69) is 16.0 Å². The van der Waals surface area contributed by atoms with Gasteiger partial charge in [-0.2, -0.15) is 0 Å². The van der Waals surface area contributed by atoms with Crippen LogP contribution in [0.15, 0.2) is 0 Å². The molecule has 1 heterocycles. The van der Waals surface area contributed by atoms with Gasteiger partial charge in [0.05, 0.1) is 12.5 Å². The first kappa shape index (κ1) is 19.5. The number of hydrogen-bond donors (Lipinski definition) is 4. The first-order valence-electron chi connectivity index (χ1n) is 9.18. The maximum atomic E-state index is 11.9. The quantitative estimate of drug-likeness (QED) is 0.540. The average Bonchev–Trinajstić information content (AvgIpc) is 2.61. The number of rotatable bonds is 7. The van der Waals surface area contributed by atoms with Crippen molar-refractivity contribution in [2.24, 2.45) is 11.8 Å². The van der Waals surface area contributed by atoms with Crippen LogP contribution in [0, 0.1) is 11.8 Å². The standard InChI is InChI=1S/C17H29N3O5/c21-15(11-19-17(24)20-13-4-2-1-3-5-13)18-10-14(16(22)23)12-6-8-25-9-7-12/h12-14H,1-11H2,(H,18,21)(H,22,23)(H2,19,20,24). The summed E-state index contributed by atoms with van der Waals surface area (Å²) >= 11 is 0. The fraction of sp³-hybridized carbons (Fsp3) is 0.824. The van der Waals surface area contributed by atoms with E-state index in [1.165, 1.54) is 6.42 Å². The Labute approximate surface area is 148 Å². The molecule has 0 aromatic heterocycles. The van der Waals surface area contributed by atoms with Crippen LogP contribution in [-0.2, 0) is 14.3 Å². The number of amides is 3. The zero-order valence-electron chi connectivity index (χ0n) is 14.6. The second kappa shape index (κ2) is 10.2. The number of nitrogens with one attached hydrogen (secondary N) is 3. The summed E-state index contributed by atoms with van der Waals surface area (Å²) in [4.78, 5) is 35.1. The summed E-state index contributed by atoms with van der Waals surface area (Å²) in [5, 5.41) is 17.4. The topological polar surface area (TPSA) is 117 Å². The maximum Gasteiger partial charge on any atom is 0.315 e. The van der Waals surface area contributed by atoms with E-state index >= 15 is 0 Å². The van der Waals surface area contributed by atoms with Gasteiger partial charge in [0.1, 0.15) is 0 Å². The molecule has 2 fully saturated rings. The smallest absolute Gasteiger partial charge is 0.315 e. The van der Waals surface area contributed by atoms with Crippen LogP contribution in [0.3, 0.4) is 0 Å². The molecule has 1 saturated heterocycles. The molecule has 1 aliphatic heterocycles. The van der Waals surface area contributed by atoms with Gasteiger partial charge in [0.25, 0.3) is 0 Å². The van der Waals surface area contributed by atoms with Gasteiger partial charge in [-0.1, -0.05) is 19.3 Å². The predicted octanol–water partition coefficient (Wildman–Crippen LogP) is 0.862. The molecule has 0 aromatic carbocycles. The van der Waals surface area contributed by atoms with E-state index in [0.29, 0.717) is 26.1 Å². The van der Waals surface area contributed by atoms with Gasteiger partial charge in [0.2, 0.25) is 5.91 Å². The van der Waals surface area contributed by atoms with E-state index < -0.39 is 11.9 Å². The Balaban J connectivity index is 1.66. The highest BCUT2D eigenvalue weighted by Gasteiger charge is 2.30. The average molecular weight is 355 g/mol. The summed E-state index contributed by atoms with van der Waals surface area (Å²) < 4.78 is 5.25. The summed E-state index contributed by atoms with van der Waals surface area (Å²) in [6.45, 7) is 1.04. The molecule has 1 saturated carbocycles. The van der Waals surface area contributed by atoms with Gasteiger partial charge in [-0.05, 0) is 31.6 Å². The molecule has 0 spiro atoms. The van der Waals surface area contributed by atoms with Gasteiger partial charge in [0, 0.05) is 25.8 Å². The summed E-state index contributed by atoms with van der Waals surface area (Å²) in [5.74, 6) is -1.90. The van der Waals surface area contributed by atoms with Crippen molar-refractivity contribution in [3.63, 3.8) is 0 Å². The number of ether oxygens (including phenoxy) is 1. The number of carbonyl (C=O) groups is 3. The van der Waals surface area contributed by atoms with Gasteiger partial charge in [-0.15, -0.1) is 0 Å². The molecular weight excluding hydrogens is 326 g/mol. The van der Waals surface area contributed by atoms with Crippen molar-refractivity contribution < 1.29 is 24.2 Å².